The van der Waals surface area contributed by atoms with E-state index in [0.29, 0.717) is 5.57 Å². The molecule has 22 heavy (non-hydrogen) atoms. The largest absolute Gasteiger partial charge is 0.461 e. The van der Waals surface area contributed by atoms with E-state index in [-0.39, 0.29) is 30.7 Å². The molecule has 0 amide bonds. The van der Waals surface area contributed by atoms with Gasteiger partial charge in [0.25, 0.3) is 0 Å². The normalized spacial score (nSPS) is 17.7. The number of carbonyl (C=O) groups is 1. The second-order valence-electron chi connectivity index (χ2n) is 4.80. The molecule has 0 saturated heterocycles. The van der Waals surface area contributed by atoms with Crippen molar-refractivity contribution < 1.29 is 9.53 Å². The summed E-state index contributed by atoms with van der Waals surface area (Å²) < 4.78 is 4.89. The van der Waals surface area contributed by atoms with Crippen LogP contribution in [0.25, 0.3) is 0 Å². The van der Waals surface area contributed by atoms with E-state index in [1.54, 1.807) is 12.1 Å². The number of hydrogen-bond acceptors (Lipinski definition) is 7. The summed E-state index contributed by atoms with van der Waals surface area (Å²) in [4.78, 5) is 11.2. The third-order valence-corrected chi connectivity index (χ3v) is 3.29. The van der Waals surface area contributed by atoms with Crippen molar-refractivity contribution in [3.63, 3.8) is 0 Å². The number of allylic oxidation sites excluding steroid dienone is 1. The number of nitrogens with one attached hydrogen (secondary N) is 1. The smallest absolute Gasteiger partial charge is 0.333 e. The highest BCUT2D eigenvalue weighted by molar-refractivity contribution is 5.86. The van der Waals surface area contributed by atoms with Crippen LogP contribution in [0.15, 0.2) is 23.3 Å². The third kappa shape index (κ3) is 3.13. The zero-order valence-electron chi connectivity index (χ0n) is 12.0. The van der Waals surface area contributed by atoms with Crippen LogP contribution in [0.3, 0.4) is 0 Å². The molecule has 0 aliphatic heterocycles. The molecule has 1 N–H and O–H groups in total. The molecule has 1 unspecified atom stereocenters. The highest BCUT2D eigenvalue weighted by Crippen LogP contribution is 2.45. The lowest BCUT2D eigenvalue weighted by Crippen LogP contribution is -2.55. The van der Waals surface area contributed by atoms with Gasteiger partial charge in [0.05, 0.1) is 18.2 Å². The second kappa shape index (κ2) is 7.04. The molecule has 1 aliphatic carbocycles. The van der Waals surface area contributed by atoms with Crippen LogP contribution in [-0.4, -0.2) is 25.2 Å². The summed E-state index contributed by atoms with van der Waals surface area (Å²) in [7, 11) is 0. The van der Waals surface area contributed by atoms with Gasteiger partial charge in [-0.1, -0.05) is 6.58 Å². The van der Waals surface area contributed by atoms with E-state index in [2.05, 4.69) is 11.9 Å². The SMILES string of the molecule is C=C(C)C(=O)OCCNC1C(=C(C#N)C#N)CC1(C#N)C#N. The topological polar surface area (TPSA) is 133 Å². The summed E-state index contributed by atoms with van der Waals surface area (Å²) in [5.74, 6) is -0.534. The molecule has 1 aliphatic rings. The predicted molar refractivity (Wildman–Crippen MR) is 74.1 cm³/mol. The first-order valence-electron chi connectivity index (χ1n) is 6.37. The molecule has 1 atom stereocenters. The van der Waals surface area contributed by atoms with E-state index >= 15 is 0 Å². The molecule has 0 radical (unpaired) electrons. The molecule has 7 nitrogen and oxygen atoms in total. The van der Waals surface area contributed by atoms with E-state index in [1.807, 2.05) is 12.1 Å². The van der Waals surface area contributed by atoms with Crippen LogP contribution in [0.5, 0.6) is 0 Å². The lowest BCUT2D eigenvalue weighted by Gasteiger charge is -2.42. The molecule has 0 aromatic heterocycles. The van der Waals surface area contributed by atoms with Gasteiger partial charge in [-0.2, -0.15) is 21.0 Å². The molecule has 110 valence electrons. The fraction of sp³-hybridized carbons (Fsp3) is 0.400. The summed E-state index contributed by atoms with van der Waals surface area (Å²) >= 11 is 0. The van der Waals surface area contributed by atoms with Gasteiger partial charge in [0, 0.05) is 18.5 Å². The Morgan fingerprint density at radius 2 is 1.95 bits per heavy atom. The zero-order valence-corrected chi connectivity index (χ0v) is 12.0. The van der Waals surface area contributed by atoms with Gasteiger partial charge in [-0.05, 0) is 12.5 Å². The van der Waals surface area contributed by atoms with Crippen LogP contribution in [0.2, 0.25) is 0 Å². The minimum absolute atomic E-state index is 0.0247. The maximum atomic E-state index is 11.2. The van der Waals surface area contributed by atoms with Crippen molar-refractivity contribution in [3.8, 4) is 24.3 Å². The lowest BCUT2D eigenvalue weighted by atomic mass is 9.61. The average molecular weight is 295 g/mol. The molecule has 7 heteroatoms. The molecule has 0 aromatic rings. The molecule has 0 aromatic carbocycles. The first-order valence-corrected chi connectivity index (χ1v) is 6.37. The van der Waals surface area contributed by atoms with Crippen molar-refractivity contribution in [2.75, 3.05) is 13.2 Å². The van der Waals surface area contributed by atoms with Crippen LogP contribution >= 0.6 is 0 Å². The maximum Gasteiger partial charge on any atom is 0.333 e. The Labute approximate surface area is 128 Å². The summed E-state index contributed by atoms with van der Waals surface area (Å²) in [6, 6.07) is 6.62. The Bertz CT molecular complexity index is 663. The van der Waals surface area contributed by atoms with Gasteiger partial charge in [0.2, 0.25) is 0 Å². The fourth-order valence-electron chi connectivity index (χ4n) is 2.07. The lowest BCUT2D eigenvalue weighted by molar-refractivity contribution is -0.138. The summed E-state index contributed by atoms with van der Waals surface area (Å²) in [6.07, 6.45) is 0.0552. The average Bonchev–Trinajstić information content (AvgIpc) is 2.50. The van der Waals surface area contributed by atoms with Gasteiger partial charge in [-0.25, -0.2) is 4.79 Å². The van der Waals surface area contributed by atoms with Crippen molar-refractivity contribution in [1.82, 2.24) is 5.32 Å². The van der Waals surface area contributed by atoms with Gasteiger partial charge in [0.1, 0.15) is 24.3 Å². The van der Waals surface area contributed by atoms with Gasteiger partial charge in [0.15, 0.2) is 5.41 Å². The van der Waals surface area contributed by atoms with Crippen LogP contribution < -0.4 is 5.32 Å². The summed E-state index contributed by atoms with van der Waals surface area (Å²) in [6.45, 7) is 5.17. The number of esters is 1. The fourth-order valence-corrected chi connectivity index (χ4v) is 2.07. The summed E-state index contributed by atoms with van der Waals surface area (Å²) in [5.41, 5.74) is -0.715. The van der Waals surface area contributed by atoms with Crippen LogP contribution in [-0.2, 0) is 9.53 Å². The zero-order chi connectivity index (χ0) is 16.8. The van der Waals surface area contributed by atoms with E-state index < -0.39 is 17.4 Å². The van der Waals surface area contributed by atoms with Gasteiger partial charge in [-0.3, -0.25) is 0 Å². The second-order valence-corrected chi connectivity index (χ2v) is 4.80. The molecule has 1 saturated carbocycles. The van der Waals surface area contributed by atoms with Crippen molar-refractivity contribution >= 4 is 5.97 Å². The van der Waals surface area contributed by atoms with Crippen LogP contribution in [0, 0.1) is 50.7 Å². The standard InChI is InChI=1S/C15H13N5O2/c1-10(2)14(21)22-4-3-20-13-12(11(6-16)7-17)5-15(13,8-18)9-19/h13,20H,1,3-5H2,2H3. The van der Waals surface area contributed by atoms with Gasteiger partial charge in [-0.15, -0.1) is 0 Å². The molecule has 0 heterocycles. The van der Waals surface area contributed by atoms with Crippen LogP contribution in [0.1, 0.15) is 13.3 Å². The first kappa shape index (κ1) is 16.9. The molecule has 1 rings (SSSR count). The number of hydrogen-bond donors (Lipinski definition) is 1. The Hall–Kier alpha value is -3.13. The Balaban J connectivity index is 2.77. The minimum Gasteiger partial charge on any atom is -0.461 e. The highest BCUT2D eigenvalue weighted by atomic mass is 16.5. The van der Waals surface area contributed by atoms with Gasteiger partial charge >= 0.3 is 5.97 Å². The van der Waals surface area contributed by atoms with Crippen molar-refractivity contribution in [1.29, 1.82) is 21.0 Å². The number of carbonyl (C=O) groups excluding carboxylic acids is 1. The van der Waals surface area contributed by atoms with Crippen molar-refractivity contribution in [2.45, 2.75) is 19.4 Å². The number of ether oxygens (including phenoxy) is 1. The van der Waals surface area contributed by atoms with Crippen molar-refractivity contribution in [2.24, 2.45) is 5.41 Å². The highest BCUT2D eigenvalue weighted by Gasteiger charge is 2.53. The number of rotatable bonds is 5. The van der Waals surface area contributed by atoms with E-state index in [4.69, 9.17) is 15.3 Å². The molecule has 0 bridgehead atoms. The third-order valence-electron chi connectivity index (χ3n) is 3.29. The van der Waals surface area contributed by atoms with E-state index in [9.17, 15) is 15.3 Å². The maximum absolute atomic E-state index is 11.2. The van der Waals surface area contributed by atoms with Crippen molar-refractivity contribution in [3.05, 3.63) is 23.3 Å². The monoisotopic (exact) mass is 295 g/mol. The van der Waals surface area contributed by atoms with E-state index in [1.165, 1.54) is 6.92 Å². The molecule has 1 fully saturated rings. The quantitative estimate of drug-likeness (QED) is 0.344. The van der Waals surface area contributed by atoms with Gasteiger partial charge < -0.3 is 10.1 Å². The first-order chi connectivity index (χ1) is 10.5. The molecule has 0 spiro atoms. The van der Waals surface area contributed by atoms with E-state index in [0.717, 1.165) is 0 Å². The number of nitriles is 4. The Morgan fingerprint density at radius 3 is 2.41 bits per heavy atom. The Morgan fingerprint density at radius 1 is 1.36 bits per heavy atom. The van der Waals surface area contributed by atoms with Crippen LogP contribution in [0.4, 0.5) is 0 Å². The Kier molecular flexibility index (Phi) is 5.42. The molecular formula is C15H13N5O2. The summed E-state index contributed by atoms with van der Waals surface area (Å²) in [5, 5.41) is 39.0. The molecular weight excluding hydrogens is 282 g/mol. The minimum atomic E-state index is -1.31. The number of nitrogens with zero attached hydrogens (tertiary/aromatic N) is 4. The predicted octanol–water partition coefficient (Wildman–Crippen LogP) is 0.845.